The maximum absolute atomic E-state index is 4.74. The fourth-order valence-electron chi connectivity index (χ4n) is 2.20. The van der Waals surface area contributed by atoms with Crippen LogP contribution in [-0.4, -0.2) is 29.6 Å². The zero-order valence-corrected chi connectivity index (χ0v) is 13.6. The van der Waals surface area contributed by atoms with Gasteiger partial charge in [-0.25, -0.2) is 9.97 Å². The highest BCUT2D eigenvalue weighted by molar-refractivity contribution is 5.49. The molecule has 1 aromatic rings. The van der Waals surface area contributed by atoms with Crippen LogP contribution in [0.5, 0.6) is 0 Å². The van der Waals surface area contributed by atoms with Crippen molar-refractivity contribution in [1.82, 2.24) is 9.97 Å². The van der Waals surface area contributed by atoms with Crippen LogP contribution in [0.3, 0.4) is 0 Å². The Kier molecular flexibility index (Phi) is 8.00. The first-order valence-electron chi connectivity index (χ1n) is 8.11. The van der Waals surface area contributed by atoms with Crippen molar-refractivity contribution in [2.24, 2.45) is 0 Å². The third-order valence-electron chi connectivity index (χ3n) is 3.10. The first-order valence-corrected chi connectivity index (χ1v) is 8.11. The predicted octanol–water partition coefficient (Wildman–Crippen LogP) is 3.88. The van der Waals surface area contributed by atoms with Crippen LogP contribution in [0.4, 0.5) is 11.6 Å². The topological polar surface area (TPSA) is 41.0 Å². The Morgan fingerprint density at radius 3 is 2.20 bits per heavy atom. The van der Waals surface area contributed by atoms with Gasteiger partial charge in [0.05, 0.1) is 0 Å². The molecule has 0 fully saturated rings. The van der Waals surface area contributed by atoms with E-state index < -0.39 is 0 Å². The van der Waals surface area contributed by atoms with Gasteiger partial charge in [-0.3, -0.25) is 0 Å². The molecule has 4 heteroatoms. The summed E-state index contributed by atoms with van der Waals surface area (Å²) in [5.74, 6) is 3.00. The highest BCUT2D eigenvalue weighted by Gasteiger charge is 2.10. The van der Waals surface area contributed by atoms with Gasteiger partial charge in [0.2, 0.25) is 0 Å². The average Bonchev–Trinajstić information content (AvgIpc) is 2.45. The highest BCUT2D eigenvalue weighted by Crippen LogP contribution is 2.17. The Hall–Kier alpha value is -1.32. The maximum atomic E-state index is 4.74. The second-order valence-electron chi connectivity index (χ2n) is 5.19. The number of hydrogen-bond acceptors (Lipinski definition) is 4. The maximum Gasteiger partial charge on any atom is 0.134 e. The molecule has 0 atom stereocenters. The van der Waals surface area contributed by atoms with Crippen molar-refractivity contribution in [3.05, 3.63) is 11.9 Å². The van der Waals surface area contributed by atoms with Gasteiger partial charge in [0.25, 0.3) is 0 Å². The first-order chi connectivity index (χ1) is 9.74. The molecular weight excluding hydrogens is 248 g/mol. The van der Waals surface area contributed by atoms with Gasteiger partial charge in [-0.15, -0.1) is 0 Å². The van der Waals surface area contributed by atoms with Gasteiger partial charge in [-0.1, -0.05) is 27.7 Å². The molecular formula is C16H30N4. The van der Waals surface area contributed by atoms with E-state index in [1.807, 2.05) is 0 Å². The molecule has 0 aliphatic carbocycles. The quantitative estimate of drug-likeness (QED) is 0.705. The summed E-state index contributed by atoms with van der Waals surface area (Å²) in [5, 5.41) is 3.39. The molecule has 0 amide bonds. The van der Waals surface area contributed by atoms with E-state index in [-0.39, 0.29) is 0 Å². The third kappa shape index (κ3) is 5.35. The van der Waals surface area contributed by atoms with Gasteiger partial charge in [0.1, 0.15) is 17.5 Å². The molecule has 0 aromatic carbocycles. The van der Waals surface area contributed by atoms with E-state index in [1.54, 1.807) is 0 Å². The molecule has 0 aliphatic heterocycles. The molecule has 1 N–H and O–H groups in total. The van der Waals surface area contributed by atoms with Gasteiger partial charge in [-0.05, 0) is 25.7 Å². The second kappa shape index (κ2) is 9.56. The van der Waals surface area contributed by atoms with E-state index in [2.05, 4.69) is 49.0 Å². The van der Waals surface area contributed by atoms with Crippen molar-refractivity contribution < 1.29 is 0 Å². The van der Waals surface area contributed by atoms with Crippen LogP contribution in [0.15, 0.2) is 6.07 Å². The van der Waals surface area contributed by atoms with Crippen molar-refractivity contribution in [2.45, 2.75) is 59.8 Å². The minimum atomic E-state index is 0.945. The summed E-state index contributed by atoms with van der Waals surface area (Å²) in [6.07, 6.45) is 5.42. The van der Waals surface area contributed by atoms with Crippen LogP contribution >= 0.6 is 0 Å². The number of aromatic nitrogens is 2. The number of nitrogens with zero attached hydrogens (tertiary/aromatic N) is 3. The molecule has 1 heterocycles. The van der Waals surface area contributed by atoms with E-state index in [1.165, 1.54) is 0 Å². The molecule has 1 rings (SSSR count). The second-order valence-corrected chi connectivity index (χ2v) is 5.19. The SMILES string of the molecule is CCCNc1cc(N(CCC)CCC)nc(CCC)n1. The monoisotopic (exact) mass is 278 g/mol. The van der Waals surface area contributed by atoms with Crippen molar-refractivity contribution >= 4 is 11.6 Å². The largest absolute Gasteiger partial charge is 0.370 e. The van der Waals surface area contributed by atoms with Gasteiger partial charge in [0.15, 0.2) is 0 Å². The average molecular weight is 278 g/mol. The normalized spacial score (nSPS) is 10.6. The summed E-state index contributed by atoms with van der Waals surface area (Å²) in [4.78, 5) is 11.7. The molecule has 0 spiro atoms. The number of hydrogen-bond donors (Lipinski definition) is 1. The Morgan fingerprint density at radius 2 is 1.65 bits per heavy atom. The summed E-state index contributed by atoms with van der Waals surface area (Å²) in [6.45, 7) is 11.9. The zero-order valence-electron chi connectivity index (χ0n) is 13.6. The molecule has 0 saturated carbocycles. The number of nitrogens with one attached hydrogen (secondary N) is 1. The fourth-order valence-corrected chi connectivity index (χ4v) is 2.20. The molecule has 0 saturated heterocycles. The van der Waals surface area contributed by atoms with Gasteiger partial charge in [-0.2, -0.15) is 0 Å². The molecule has 0 unspecified atom stereocenters. The smallest absolute Gasteiger partial charge is 0.134 e. The lowest BCUT2D eigenvalue weighted by molar-refractivity contribution is 0.723. The van der Waals surface area contributed by atoms with Crippen LogP contribution in [0.2, 0.25) is 0 Å². The fraction of sp³-hybridized carbons (Fsp3) is 0.750. The lowest BCUT2D eigenvalue weighted by Gasteiger charge is -2.23. The summed E-state index contributed by atoms with van der Waals surface area (Å²) < 4.78 is 0. The Morgan fingerprint density at radius 1 is 0.950 bits per heavy atom. The molecule has 1 aromatic heterocycles. The first kappa shape index (κ1) is 16.7. The lowest BCUT2D eigenvalue weighted by Crippen LogP contribution is -2.26. The van der Waals surface area contributed by atoms with Gasteiger partial charge < -0.3 is 10.2 Å². The van der Waals surface area contributed by atoms with Crippen molar-refractivity contribution in [2.75, 3.05) is 29.9 Å². The van der Waals surface area contributed by atoms with Crippen LogP contribution in [-0.2, 0) is 6.42 Å². The lowest BCUT2D eigenvalue weighted by atomic mass is 10.3. The number of aryl methyl sites for hydroxylation is 1. The minimum Gasteiger partial charge on any atom is -0.370 e. The summed E-state index contributed by atoms with van der Waals surface area (Å²) in [6, 6.07) is 2.10. The van der Waals surface area contributed by atoms with E-state index >= 15 is 0 Å². The molecule has 0 bridgehead atoms. The highest BCUT2D eigenvalue weighted by atomic mass is 15.2. The van der Waals surface area contributed by atoms with Gasteiger partial charge in [0, 0.05) is 32.1 Å². The molecule has 4 nitrogen and oxygen atoms in total. The predicted molar refractivity (Wildman–Crippen MR) is 87.6 cm³/mol. The summed E-state index contributed by atoms with van der Waals surface area (Å²) in [7, 11) is 0. The number of rotatable bonds is 10. The van der Waals surface area contributed by atoms with Crippen LogP contribution < -0.4 is 10.2 Å². The standard InChI is InChI=1S/C16H30N4/c1-5-9-14-18-15(17-10-6-2)13-16(19-14)20(11-7-3)12-8-4/h13H,5-12H2,1-4H3,(H,17,18,19). The van der Waals surface area contributed by atoms with E-state index in [0.717, 1.165) is 69.2 Å². The number of anilines is 2. The van der Waals surface area contributed by atoms with Crippen molar-refractivity contribution in [3.8, 4) is 0 Å². The molecule has 114 valence electrons. The Bertz CT molecular complexity index is 373. The van der Waals surface area contributed by atoms with Crippen molar-refractivity contribution in [1.29, 1.82) is 0 Å². The zero-order chi connectivity index (χ0) is 14.8. The van der Waals surface area contributed by atoms with E-state index in [9.17, 15) is 0 Å². The van der Waals surface area contributed by atoms with E-state index in [4.69, 9.17) is 4.98 Å². The third-order valence-corrected chi connectivity index (χ3v) is 3.10. The molecule has 0 aliphatic rings. The van der Waals surface area contributed by atoms with Crippen LogP contribution in [0, 0.1) is 0 Å². The van der Waals surface area contributed by atoms with Crippen molar-refractivity contribution in [3.63, 3.8) is 0 Å². The molecule has 20 heavy (non-hydrogen) atoms. The van der Waals surface area contributed by atoms with Crippen LogP contribution in [0.1, 0.15) is 59.2 Å². The minimum absolute atomic E-state index is 0.945. The molecule has 0 radical (unpaired) electrons. The van der Waals surface area contributed by atoms with Gasteiger partial charge >= 0.3 is 0 Å². The van der Waals surface area contributed by atoms with Crippen LogP contribution in [0.25, 0.3) is 0 Å². The Balaban J connectivity index is 2.97. The van der Waals surface area contributed by atoms with E-state index in [0.29, 0.717) is 0 Å². The Labute approximate surface area is 124 Å². The summed E-state index contributed by atoms with van der Waals surface area (Å²) >= 11 is 0. The summed E-state index contributed by atoms with van der Waals surface area (Å²) in [5.41, 5.74) is 0.